The molecule has 0 aromatic rings. The monoisotopic (exact) mass is 298 g/mol. The molecule has 0 aromatic heterocycles. The average molecular weight is 299 g/mol. The van der Waals surface area contributed by atoms with Crippen LogP contribution in [0.25, 0.3) is 0 Å². The van der Waals surface area contributed by atoms with Gasteiger partial charge in [0.05, 0.1) is 0 Å². The van der Waals surface area contributed by atoms with Crippen LogP contribution in [0.4, 0.5) is 0 Å². The summed E-state index contributed by atoms with van der Waals surface area (Å²) in [5.74, 6) is 0. The molecule has 0 N–H and O–H groups in total. The predicted molar refractivity (Wildman–Crippen MR) is 90.7 cm³/mol. The van der Waals surface area contributed by atoms with Crippen molar-refractivity contribution in [3.8, 4) is 0 Å². The van der Waals surface area contributed by atoms with E-state index in [2.05, 4.69) is 40.8 Å². The number of aldehydes is 1. The zero-order valence-electron chi connectivity index (χ0n) is 14.4. The van der Waals surface area contributed by atoms with Crippen LogP contribution in [0.3, 0.4) is 0 Å². The molecule has 0 radical (unpaired) electrons. The Labute approximate surface area is 127 Å². The van der Waals surface area contributed by atoms with Gasteiger partial charge in [-0.15, -0.1) is 0 Å². The fraction of sp³-hybridized carbons (Fsp3) is 0.824. The molecule has 3 heteroatoms. The van der Waals surface area contributed by atoms with Crippen LogP contribution in [-0.4, -0.2) is 20.7 Å². The highest BCUT2D eigenvalue weighted by molar-refractivity contribution is 6.74. The van der Waals surface area contributed by atoms with Gasteiger partial charge < -0.3 is 4.43 Å². The van der Waals surface area contributed by atoms with Crippen LogP contribution in [0.5, 0.6) is 0 Å². The maximum atomic E-state index is 10.2. The first-order chi connectivity index (χ1) is 9.24. The fourth-order valence-corrected chi connectivity index (χ4v) is 3.33. The van der Waals surface area contributed by atoms with E-state index in [0.29, 0.717) is 6.10 Å². The zero-order chi connectivity index (χ0) is 15.6. The lowest BCUT2D eigenvalue weighted by Gasteiger charge is -2.39. The van der Waals surface area contributed by atoms with Gasteiger partial charge in [0.1, 0.15) is 6.29 Å². The number of hydrogen-bond acceptors (Lipinski definition) is 2. The molecule has 0 unspecified atom stereocenters. The Morgan fingerprint density at radius 2 is 1.75 bits per heavy atom. The average Bonchev–Trinajstić information content (AvgIpc) is 2.33. The molecule has 0 rings (SSSR count). The number of hydrogen-bond donors (Lipinski definition) is 0. The van der Waals surface area contributed by atoms with Crippen molar-refractivity contribution in [1.82, 2.24) is 0 Å². The highest BCUT2D eigenvalue weighted by Gasteiger charge is 2.38. The first-order valence-electron chi connectivity index (χ1n) is 8.02. The fourth-order valence-electron chi connectivity index (χ4n) is 1.90. The Hall–Kier alpha value is -0.413. The summed E-state index contributed by atoms with van der Waals surface area (Å²) in [5.41, 5.74) is 0. The predicted octanol–water partition coefficient (Wildman–Crippen LogP) is 5.49. The minimum absolute atomic E-state index is 0.273. The van der Waals surface area contributed by atoms with Crippen LogP contribution in [0.2, 0.25) is 18.1 Å². The molecule has 0 heterocycles. The van der Waals surface area contributed by atoms with Gasteiger partial charge in [-0.3, -0.25) is 4.79 Å². The molecule has 0 aliphatic heterocycles. The van der Waals surface area contributed by atoms with E-state index in [9.17, 15) is 4.79 Å². The van der Waals surface area contributed by atoms with Crippen molar-refractivity contribution < 1.29 is 9.22 Å². The van der Waals surface area contributed by atoms with E-state index in [0.717, 1.165) is 25.5 Å². The number of unbranched alkanes of at least 4 members (excludes halogenated alkanes) is 2. The second-order valence-corrected chi connectivity index (χ2v) is 11.9. The van der Waals surface area contributed by atoms with Gasteiger partial charge in [0, 0.05) is 6.10 Å². The number of carbonyl (C=O) groups is 1. The normalized spacial score (nSPS) is 14.7. The van der Waals surface area contributed by atoms with Gasteiger partial charge >= 0.3 is 0 Å². The summed E-state index contributed by atoms with van der Waals surface area (Å²) in [6, 6.07) is 0. The van der Waals surface area contributed by atoms with Crippen molar-refractivity contribution in [3.63, 3.8) is 0 Å². The van der Waals surface area contributed by atoms with Crippen LogP contribution < -0.4 is 0 Å². The number of allylic oxidation sites excluding steroid dienone is 2. The summed E-state index contributed by atoms with van der Waals surface area (Å²) in [6.07, 6.45) is 11.6. The van der Waals surface area contributed by atoms with Crippen molar-refractivity contribution in [2.75, 3.05) is 0 Å². The van der Waals surface area contributed by atoms with Crippen LogP contribution >= 0.6 is 0 Å². The van der Waals surface area contributed by atoms with E-state index < -0.39 is 8.32 Å². The summed E-state index contributed by atoms with van der Waals surface area (Å²) >= 11 is 0. The molecule has 1 atom stereocenters. The molecule has 0 aliphatic rings. The third kappa shape index (κ3) is 8.00. The Morgan fingerprint density at radius 1 is 1.15 bits per heavy atom. The lowest BCUT2D eigenvalue weighted by molar-refractivity contribution is -0.104. The lowest BCUT2D eigenvalue weighted by Crippen LogP contribution is -2.44. The standard InChI is InChI=1S/C17H34O2Si/c1-7-8-13-16(14-11-9-10-12-15-18)19-20(5,6)17(2,3)4/h10,12,15-16H,7-9,11,13-14H2,1-6H3/b12-10+/t16-/m0/s1. The van der Waals surface area contributed by atoms with E-state index in [1.807, 2.05) is 6.08 Å². The molecule has 20 heavy (non-hydrogen) atoms. The summed E-state index contributed by atoms with van der Waals surface area (Å²) < 4.78 is 6.56. The molecule has 2 nitrogen and oxygen atoms in total. The summed E-state index contributed by atoms with van der Waals surface area (Å²) in [4.78, 5) is 10.2. The topological polar surface area (TPSA) is 26.3 Å². The Morgan fingerprint density at radius 3 is 2.25 bits per heavy atom. The van der Waals surface area contributed by atoms with Gasteiger partial charge in [0.2, 0.25) is 0 Å². The second kappa shape index (κ2) is 9.51. The van der Waals surface area contributed by atoms with E-state index in [4.69, 9.17) is 4.43 Å². The van der Waals surface area contributed by atoms with Gasteiger partial charge in [-0.1, -0.05) is 46.6 Å². The first kappa shape index (κ1) is 19.6. The van der Waals surface area contributed by atoms with E-state index >= 15 is 0 Å². The third-order valence-electron chi connectivity index (χ3n) is 4.26. The van der Waals surface area contributed by atoms with Gasteiger partial charge in [-0.25, -0.2) is 0 Å². The van der Waals surface area contributed by atoms with E-state index in [1.165, 1.54) is 19.3 Å². The van der Waals surface area contributed by atoms with Crippen LogP contribution in [0.1, 0.15) is 66.2 Å². The smallest absolute Gasteiger partial charge is 0.192 e. The number of carbonyl (C=O) groups excluding carboxylic acids is 1. The van der Waals surface area contributed by atoms with Gasteiger partial charge in [0.25, 0.3) is 0 Å². The Balaban J connectivity index is 4.40. The van der Waals surface area contributed by atoms with Crippen molar-refractivity contribution in [2.24, 2.45) is 0 Å². The number of rotatable bonds is 10. The van der Waals surface area contributed by atoms with Gasteiger partial charge in [-0.2, -0.15) is 0 Å². The first-order valence-corrected chi connectivity index (χ1v) is 10.9. The molecule has 0 spiro atoms. The quantitative estimate of drug-likeness (QED) is 0.231. The summed E-state index contributed by atoms with van der Waals surface area (Å²) in [5, 5.41) is 0.273. The maximum Gasteiger partial charge on any atom is 0.192 e. The molecule has 0 aromatic carbocycles. The molecule has 0 fully saturated rings. The molecular weight excluding hydrogens is 264 g/mol. The Kier molecular flexibility index (Phi) is 9.31. The largest absolute Gasteiger partial charge is 0.414 e. The summed E-state index contributed by atoms with van der Waals surface area (Å²) in [7, 11) is -1.67. The molecule has 0 amide bonds. The molecule has 118 valence electrons. The third-order valence-corrected chi connectivity index (χ3v) is 8.79. The highest BCUT2D eigenvalue weighted by atomic mass is 28.4. The van der Waals surface area contributed by atoms with Crippen molar-refractivity contribution >= 4 is 14.6 Å². The van der Waals surface area contributed by atoms with E-state index in [-0.39, 0.29) is 5.04 Å². The lowest BCUT2D eigenvalue weighted by atomic mass is 10.1. The summed E-state index contributed by atoms with van der Waals surface area (Å²) in [6.45, 7) is 13.8. The molecule has 0 aliphatic carbocycles. The van der Waals surface area contributed by atoms with Gasteiger partial charge in [0.15, 0.2) is 8.32 Å². The minimum Gasteiger partial charge on any atom is -0.414 e. The minimum atomic E-state index is -1.67. The zero-order valence-corrected chi connectivity index (χ0v) is 15.4. The molecule has 0 bridgehead atoms. The highest BCUT2D eigenvalue weighted by Crippen LogP contribution is 2.38. The molecular formula is C17H34O2Si. The van der Waals surface area contributed by atoms with Crippen molar-refractivity contribution in [1.29, 1.82) is 0 Å². The second-order valence-electron chi connectivity index (χ2n) is 7.14. The van der Waals surface area contributed by atoms with Crippen molar-refractivity contribution in [3.05, 3.63) is 12.2 Å². The van der Waals surface area contributed by atoms with Crippen LogP contribution in [0, 0.1) is 0 Å². The maximum absolute atomic E-state index is 10.2. The Bertz CT molecular complexity index is 290. The molecule has 0 saturated heterocycles. The SMILES string of the molecule is CCCC[C@@H](CCC/C=C/C=O)O[Si](C)(C)C(C)(C)C. The van der Waals surface area contributed by atoms with Crippen LogP contribution in [-0.2, 0) is 9.22 Å². The molecule has 0 saturated carbocycles. The van der Waals surface area contributed by atoms with Crippen molar-refractivity contribution in [2.45, 2.75) is 90.5 Å². The van der Waals surface area contributed by atoms with Gasteiger partial charge in [-0.05, 0) is 49.9 Å². The van der Waals surface area contributed by atoms with Crippen LogP contribution in [0.15, 0.2) is 12.2 Å². The van der Waals surface area contributed by atoms with E-state index in [1.54, 1.807) is 6.08 Å².